The summed E-state index contributed by atoms with van der Waals surface area (Å²) in [4.78, 5) is 3.62. The Kier molecular flexibility index (Phi) is 3.38. The van der Waals surface area contributed by atoms with Crippen LogP contribution in [0.5, 0.6) is 0 Å². The van der Waals surface area contributed by atoms with Crippen molar-refractivity contribution in [2.75, 3.05) is 0 Å². The van der Waals surface area contributed by atoms with Crippen molar-refractivity contribution < 1.29 is 0 Å². The average molecular weight is 272 g/mol. The van der Waals surface area contributed by atoms with Crippen LogP contribution in [0, 0.1) is 6.57 Å². The fourth-order valence-electron chi connectivity index (χ4n) is 1.61. The van der Waals surface area contributed by atoms with Crippen LogP contribution in [0.3, 0.4) is 0 Å². The summed E-state index contributed by atoms with van der Waals surface area (Å²) in [6, 6.07) is 17.8. The van der Waals surface area contributed by atoms with Crippen LogP contribution in [-0.4, -0.2) is 0 Å². The molecule has 1 unspecified atom stereocenters. The second kappa shape index (κ2) is 4.96. The average Bonchev–Trinajstić information content (AvgIpc) is 2.39. The molecule has 78 valence electrons. The lowest BCUT2D eigenvalue weighted by molar-refractivity contribution is 1.19. The Bertz CT molecular complexity index is 514. The number of hydrogen-bond acceptors (Lipinski definition) is 0. The predicted octanol–water partition coefficient (Wildman–Crippen LogP) is 4.72. The molecule has 2 aromatic carbocycles. The van der Waals surface area contributed by atoms with Gasteiger partial charge in [0.1, 0.15) is 0 Å². The maximum Gasteiger partial charge on any atom is 0.191 e. The number of alkyl halides is 1. The molecule has 0 fully saturated rings. The van der Waals surface area contributed by atoms with Crippen LogP contribution in [0.4, 0.5) is 5.69 Å². The van der Waals surface area contributed by atoms with Gasteiger partial charge in [-0.3, -0.25) is 0 Å². The van der Waals surface area contributed by atoms with Gasteiger partial charge in [-0.05, 0) is 11.1 Å². The van der Waals surface area contributed by atoms with Crippen LogP contribution < -0.4 is 0 Å². The third kappa shape index (κ3) is 2.15. The van der Waals surface area contributed by atoms with Crippen molar-refractivity contribution in [1.82, 2.24) is 0 Å². The highest BCUT2D eigenvalue weighted by Crippen LogP contribution is 2.36. The van der Waals surface area contributed by atoms with E-state index in [4.69, 9.17) is 6.57 Å². The highest BCUT2D eigenvalue weighted by atomic mass is 79.9. The second-order valence-electron chi connectivity index (χ2n) is 3.44. The van der Waals surface area contributed by atoms with Crippen molar-refractivity contribution in [3.05, 3.63) is 77.1 Å². The molecule has 0 bridgehead atoms. The van der Waals surface area contributed by atoms with Crippen molar-refractivity contribution in [1.29, 1.82) is 0 Å². The van der Waals surface area contributed by atoms with E-state index in [1.54, 1.807) is 0 Å². The molecular formula is C14H10BrN. The highest BCUT2D eigenvalue weighted by Gasteiger charge is 2.13. The molecule has 2 rings (SSSR count). The summed E-state index contributed by atoms with van der Waals surface area (Å²) in [6.45, 7) is 7.14. The number of para-hydroxylation sites is 1. The minimum absolute atomic E-state index is 0.0824. The summed E-state index contributed by atoms with van der Waals surface area (Å²) in [5, 5.41) is 0. The molecule has 2 heteroatoms. The number of halogens is 1. The topological polar surface area (TPSA) is 4.36 Å². The van der Waals surface area contributed by atoms with Gasteiger partial charge < -0.3 is 0 Å². The molecule has 0 heterocycles. The van der Waals surface area contributed by atoms with Gasteiger partial charge in [0.05, 0.1) is 11.4 Å². The van der Waals surface area contributed by atoms with E-state index in [9.17, 15) is 0 Å². The SMILES string of the molecule is [C-]#[N+]c1ccccc1C(Br)c1ccccc1. The van der Waals surface area contributed by atoms with Gasteiger partial charge in [0.2, 0.25) is 0 Å². The Balaban J connectivity index is 2.42. The van der Waals surface area contributed by atoms with Gasteiger partial charge in [-0.25, -0.2) is 4.85 Å². The van der Waals surface area contributed by atoms with Crippen molar-refractivity contribution in [2.45, 2.75) is 4.83 Å². The van der Waals surface area contributed by atoms with Gasteiger partial charge in [-0.2, -0.15) is 0 Å². The number of hydrogen-bond donors (Lipinski definition) is 0. The highest BCUT2D eigenvalue weighted by molar-refractivity contribution is 9.09. The lowest BCUT2D eigenvalue weighted by atomic mass is 10.0. The number of nitrogens with zero attached hydrogens (tertiary/aromatic N) is 1. The summed E-state index contributed by atoms with van der Waals surface area (Å²) >= 11 is 3.64. The van der Waals surface area contributed by atoms with E-state index in [0.717, 1.165) is 5.56 Å². The normalized spacial score (nSPS) is 11.8. The first-order chi connectivity index (χ1) is 7.83. The van der Waals surface area contributed by atoms with Crippen molar-refractivity contribution in [3.8, 4) is 0 Å². The summed E-state index contributed by atoms with van der Waals surface area (Å²) in [5.74, 6) is 0. The number of benzene rings is 2. The molecule has 0 N–H and O–H groups in total. The van der Waals surface area contributed by atoms with Crippen molar-refractivity contribution in [3.63, 3.8) is 0 Å². The van der Waals surface area contributed by atoms with Gasteiger partial charge in [-0.15, -0.1) is 0 Å². The van der Waals surface area contributed by atoms with E-state index in [0.29, 0.717) is 5.69 Å². The van der Waals surface area contributed by atoms with E-state index in [-0.39, 0.29) is 4.83 Å². The predicted molar refractivity (Wildman–Crippen MR) is 69.9 cm³/mol. The summed E-state index contributed by atoms with van der Waals surface area (Å²) in [5.41, 5.74) is 2.88. The first kappa shape index (κ1) is 10.9. The Morgan fingerprint density at radius 3 is 2.25 bits per heavy atom. The quantitative estimate of drug-likeness (QED) is 0.550. The van der Waals surface area contributed by atoms with Crippen LogP contribution in [0.1, 0.15) is 16.0 Å². The molecule has 16 heavy (non-hydrogen) atoms. The Hall–Kier alpha value is -1.59. The van der Waals surface area contributed by atoms with Crippen molar-refractivity contribution in [2.24, 2.45) is 0 Å². The first-order valence-electron chi connectivity index (χ1n) is 4.98. The fraction of sp³-hybridized carbons (Fsp3) is 0.0714. The smallest absolute Gasteiger partial charge is 0.191 e. The minimum Gasteiger partial charge on any atom is -0.238 e. The van der Waals surface area contributed by atoms with Crippen LogP contribution in [0.15, 0.2) is 54.6 Å². The zero-order valence-corrected chi connectivity index (χ0v) is 10.2. The van der Waals surface area contributed by atoms with E-state index in [1.807, 2.05) is 42.5 Å². The van der Waals surface area contributed by atoms with Crippen LogP contribution in [0.25, 0.3) is 4.85 Å². The molecule has 0 aliphatic rings. The summed E-state index contributed by atoms with van der Waals surface area (Å²) < 4.78 is 0. The van der Waals surface area contributed by atoms with Crippen LogP contribution in [-0.2, 0) is 0 Å². The van der Waals surface area contributed by atoms with Crippen LogP contribution >= 0.6 is 15.9 Å². The zero-order chi connectivity index (χ0) is 11.4. The standard InChI is InChI=1S/C14H10BrN/c1-16-13-10-6-5-9-12(13)14(15)11-7-3-2-4-8-11/h2-10,14H. The van der Waals surface area contributed by atoms with E-state index >= 15 is 0 Å². The van der Waals surface area contributed by atoms with E-state index < -0.39 is 0 Å². The Morgan fingerprint density at radius 1 is 0.938 bits per heavy atom. The van der Waals surface area contributed by atoms with Gasteiger partial charge in [0, 0.05) is 0 Å². The van der Waals surface area contributed by atoms with E-state index in [1.165, 1.54) is 5.56 Å². The largest absolute Gasteiger partial charge is 0.238 e. The zero-order valence-electron chi connectivity index (χ0n) is 8.60. The monoisotopic (exact) mass is 271 g/mol. The summed E-state index contributed by atoms with van der Waals surface area (Å²) in [6.07, 6.45) is 0. The van der Waals surface area contributed by atoms with Gasteiger partial charge in [-0.1, -0.05) is 70.5 Å². The number of rotatable bonds is 2. The maximum absolute atomic E-state index is 7.14. The molecule has 0 radical (unpaired) electrons. The minimum atomic E-state index is 0.0824. The molecule has 0 aromatic heterocycles. The molecule has 0 amide bonds. The molecule has 0 saturated carbocycles. The van der Waals surface area contributed by atoms with Gasteiger partial charge >= 0.3 is 0 Å². The van der Waals surface area contributed by atoms with Crippen LogP contribution in [0.2, 0.25) is 0 Å². The van der Waals surface area contributed by atoms with Gasteiger partial charge in [0.25, 0.3) is 0 Å². The third-order valence-corrected chi connectivity index (χ3v) is 3.44. The maximum atomic E-state index is 7.14. The Morgan fingerprint density at radius 2 is 1.56 bits per heavy atom. The molecule has 1 atom stereocenters. The fourth-order valence-corrected chi connectivity index (χ4v) is 2.30. The molecule has 1 nitrogen and oxygen atoms in total. The lowest BCUT2D eigenvalue weighted by Crippen LogP contribution is -1.91. The molecule has 0 aliphatic carbocycles. The summed E-state index contributed by atoms with van der Waals surface area (Å²) in [7, 11) is 0. The molecular weight excluding hydrogens is 262 g/mol. The van der Waals surface area contributed by atoms with Gasteiger partial charge in [0.15, 0.2) is 5.69 Å². The molecule has 0 aliphatic heterocycles. The first-order valence-corrected chi connectivity index (χ1v) is 5.90. The third-order valence-electron chi connectivity index (χ3n) is 2.42. The molecule has 2 aromatic rings. The lowest BCUT2D eigenvalue weighted by Gasteiger charge is -2.12. The van der Waals surface area contributed by atoms with E-state index in [2.05, 4.69) is 32.9 Å². The van der Waals surface area contributed by atoms with Crippen molar-refractivity contribution >= 4 is 21.6 Å². The second-order valence-corrected chi connectivity index (χ2v) is 4.36. The molecule has 0 saturated heterocycles. The molecule has 0 spiro atoms. The Labute approximate surface area is 104 Å².